The molecule has 0 aliphatic rings. The zero-order valence-corrected chi connectivity index (χ0v) is 16.6. The Morgan fingerprint density at radius 3 is 2.28 bits per heavy atom. The third kappa shape index (κ3) is 6.32. The third-order valence-electron chi connectivity index (χ3n) is 3.78. The number of carbonyl (C=O) groups excluding carboxylic acids is 2. The number of benzene rings is 2. The quantitative estimate of drug-likeness (QED) is 0.477. The molecule has 0 aliphatic carbocycles. The summed E-state index contributed by atoms with van der Waals surface area (Å²) in [5.74, 6) is -1.13. The molecule has 0 spiro atoms. The Balaban J connectivity index is 2.05. The molecule has 8 heteroatoms. The van der Waals surface area contributed by atoms with E-state index in [1.807, 2.05) is 0 Å². The van der Waals surface area contributed by atoms with Crippen LogP contribution in [0.25, 0.3) is 0 Å². The van der Waals surface area contributed by atoms with Crippen LogP contribution in [-0.4, -0.2) is 44.9 Å². The number of anilines is 1. The standard InChI is InChI=1S/C21H22N2O5S/c1-3-13-23(14-4-2)20(24)16-28-21(25)17-9-8-10-18(15-17)22-29(26,27)19-11-6-5-7-12-19/h3-12,15,22H,1-2,13-14,16H2. The highest BCUT2D eigenvalue weighted by Crippen LogP contribution is 2.17. The number of nitrogens with zero attached hydrogens (tertiary/aromatic N) is 1. The minimum Gasteiger partial charge on any atom is -0.452 e. The van der Waals surface area contributed by atoms with Gasteiger partial charge in [0.05, 0.1) is 10.5 Å². The van der Waals surface area contributed by atoms with Gasteiger partial charge >= 0.3 is 5.97 Å². The van der Waals surface area contributed by atoms with Gasteiger partial charge in [0.25, 0.3) is 15.9 Å². The molecule has 0 radical (unpaired) electrons. The number of nitrogens with one attached hydrogen (secondary N) is 1. The van der Waals surface area contributed by atoms with E-state index < -0.39 is 22.6 Å². The monoisotopic (exact) mass is 414 g/mol. The van der Waals surface area contributed by atoms with Gasteiger partial charge < -0.3 is 9.64 Å². The summed E-state index contributed by atoms with van der Waals surface area (Å²) in [6.07, 6.45) is 3.12. The highest BCUT2D eigenvalue weighted by atomic mass is 32.2. The van der Waals surface area contributed by atoms with Crippen molar-refractivity contribution in [3.63, 3.8) is 0 Å². The minimum absolute atomic E-state index is 0.100. The van der Waals surface area contributed by atoms with E-state index in [0.717, 1.165) is 0 Å². The van der Waals surface area contributed by atoms with Crippen molar-refractivity contribution < 1.29 is 22.7 Å². The average molecular weight is 414 g/mol. The van der Waals surface area contributed by atoms with Gasteiger partial charge in [0, 0.05) is 18.8 Å². The van der Waals surface area contributed by atoms with Gasteiger partial charge in [-0.25, -0.2) is 13.2 Å². The van der Waals surface area contributed by atoms with Crippen LogP contribution in [0.1, 0.15) is 10.4 Å². The summed E-state index contributed by atoms with van der Waals surface area (Å²) in [7, 11) is -3.79. The van der Waals surface area contributed by atoms with E-state index in [1.54, 1.807) is 30.4 Å². The fourth-order valence-corrected chi connectivity index (χ4v) is 3.49. The summed E-state index contributed by atoms with van der Waals surface area (Å²) in [5, 5.41) is 0. The maximum atomic E-state index is 12.4. The lowest BCUT2D eigenvalue weighted by molar-refractivity contribution is -0.133. The summed E-state index contributed by atoms with van der Waals surface area (Å²) in [5.41, 5.74) is 0.319. The molecule has 29 heavy (non-hydrogen) atoms. The zero-order chi connectivity index (χ0) is 21.3. The molecule has 0 aromatic heterocycles. The molecular formula is C21H22N2O5S. The molecular weight excluding hydrogens is 392 g/mol. The van der Waals surface area contributed by atoms with E-state index in [0.29, 0.717) is 13.1 Å². The van der Waals surface area contributed by atoms with Gasteiger partial charge in [-0.1, -0.05) is 36.4 Å². The van der Waals surface area contributed by atoms with E-state index in [1.165, 1.54) is 41.3 Å². The van der Waals surface area contributed by atoms with Gasteiger partial charge in [-0.3, -0.25) is 9.52 Å². The molecule has 1 amide bonds. The van der Waals surface area contributed by atoms with E-state index >= 15 is 0 Å². The first-order valence-electron chi connectivity index (χ1n) is 8.72. The van der Waals surface area contributed by atoms with Crippen LogP contribution < -0.4 is 4.72 Å². The molecule has 0 atom stereocenters. The number of carbonyl (C=O) groups is 2. The fraction of sp³-hybridized carbons (Fsp3) is 0.143. The Morgan fingerprint density at radius 1 is 1.00 bits per heavy atom. The second-order valence-electron chi connectivity index (χ2n) is 5.95. The highest BCUT2D eigenvalue weighted by molar-refractivity contribution is 7.92. The van der Waals surface area contributed by atoms with Gasteiger partial charge in [0.1, 0.15) is 0 Å². The first-order valence-corrected chi connectivity index (χ1v) is 10.2. The van der Waals surface area contributed by atoms with E-state index in [2.05, 4.69) is 17.9 Å². The molecule has 0 saturated carbocycles. The molecule has 0 aliphatic heterocycles. The number of hydrogen-bond acceptors (Lipinski definition) is 5. The van der Waals surface area contributed by atoms with Crippen molar-refractivity contribution in [1.29, 1.82) is 0 Å². The smallest absolute Gasteiger partial charge is 0.338 e. The van der Waals surface area contributed by atoms with Crippen molar-refractivity contribution in [2.24, 2.45) is 0 Å². The zero-order valence-electron chi connectivity index (χ0n) is 15.8. The molecule has 2 rings (SSSR count). The van der Waals surface area contributed by atoms with E-state index in [-0.39, 0.29) is 22.1 Å². The van der Waals surface area contributed by atoms with Crippen molar-refractivity contribution in [1.82, 2.24) is 4.90 Å². The molecule has 152 valence electrons. The predicted molar refractivity (Wildman–Crippen MR) is 111 cm³/mol. The van der Waals surface area contributed by atoms with Crippen LogP contribution in [0.15, 0.2) is 84.8 Å². The van der Waals surface area contributed by atoms with Crippen molar-refractivity contribution in [2.45, 2.75) is 4.90 Å². The Labute approximate surface area is 170 Å². The van der Waals surface area contributed by atoms with E-state index in [4.69, 9.17) is 4.74 Å². The van der Waals surface area contributed by atoms with Crippen LogP contribution >= 0.6 is 0 Å². The SMILES string of the molecule is C=CCN(CC=C)C(=O)COC(=O)c1cccc(NS(=O)(=O)c2ccccc2)c1. The number of amides is 1. The van der Waals surface area contributed by atoms with Gasteiger partial charge in [-0.05, 0) is 30.3 Å². The molecule has 0 saturated heterocycles. The lowest BCUT2D eigenvalue weighted by Gasteiger charge is -2.19. The van der Waals surface area contributed by atoms with Gasteiger partial charge in [0.15, 0.2) is 6.61 Å². The molecule has 0 bridgehead atoms. The second-order valence-corrected chi connectivity index (χ2v) is 7.63. The van der Waals surface area contributed by atoms with Crippen LogP contribution in [0.2, 0.25) is 0 Å². The van der Waals surface area contributed by atoms with E-state index in [9.17, 15) is 18.0 Å². The largest absolute Gasteiger partial charge is 0.452 e. The molecule has 0 fully saturated rings. The molecule has 2 aromatic carbocycles. The maximum absolute atomic E-state index is 12.4. The molecule has 1 N–H and O–H groups in total. The minimum atomic E-state index is -3.79. The Morgan fingerprint density at radius 2 is 1.66 bits per heavy atom. The van der Waals surface area contributed by atoms with Crippen molar-refractivity contribution >= 4 is 27.6 Å². The number of rotatable bonds is 10. The summed E-state index contributed by atoms with van der Waals surface area (Å²) >= 11 is 0. The Hall–Kier alpha value is -3.39. The topological polar surface area (TPSA) is 92.8 Å². The van der Waals surface area contributed by atoms with Gasteiger partial charge in [-0.15, -0.1) is 13.2 Å². The van der Waals surface area contributed by atoms with Crippen LogP contribution in [0.3, 0.4) is 0 Å². The first kappa shape index (κ1) is 21.9. The number of ether oxygens (including phenoxy) is 1. The predicted octanol–water partition coefficient (Wildman–Crippen LogP) is 2.84. The number of esters is 1. The highest BCUT2D eigenvalue weighted by Gasteiger charge is 2.17. The number of sulfonamides is 1. The molecule has 7 nitrogen and oxygen atoms in total. The summed E-state index contributed by atoms with van der Waals surface area (Å²) < 4.78 is 32.3. The van der Waals surface area contributed by atoms with Crippen LogP contribution in [0.5, 0.6) is 0 Å². The Bertz CT molecular complexity index is 977. The lowest BCUT2D eigenvalue weighted by Crippen LogP contribution is -2.35. The molecule has 0 heterocycles. The van der Waals surface area contributed by atoms with Gasteiger partial charge in [-0.2, -0.15) is 0 Å². The van der Waals surface area contributed by atoms with Crippen molar-refractivity contribution in [2.75, 3.05) is 24.4 Å². The fourth-order valence-electron chi connectivity index (χ4n) is 2.42. The maximum Gasteiger partial charge on any atom is 0.338 e. The summed E-state index contributed by atoms with van der Waals surface area (Å²) in [4.78, 5) is 25.9. The van der Waals surface area contributed by atoms with Gasteiger partial charge in [0.2, 0.25) is 0 Å². The van der Waals surface area contributed by atoms with Crippen LogP contribution in [0.4, 0.5) is 5.69 Å². The molecule has 0 unspecified atom stereocenters. The van der Waals surface area contributed by atoms with Crippen molar-refractivity contribution in [3.05, 3.63) is 85.5 Å². The summed E-state index contributed by atoms with van der Waals surface area (Å²) in [6.45, 7) is 7.32. The van der Waals surface area contributed by atoms with Crippen molar-refractivity contribution in [3.8, 4) is 0 Å². The normalized spacial score (nSPS) is 10.6. The number of hydrogen-bond donors (Lipinski definition) is 1. The lowest BCUT2D eigenvalue weighted by atomic mass is 10.2. The summed E-state index contributed by atoms with van der Waals surface area (Å²) in [6, 6.07) is 13.7. The average Bonchev–Trinajstić information content (AvgIpc) is 2.72. The second kappa shape index (κ2) is 10.2. The third-order valence-corrected chi connectivity index (χ3v) is 5.18. The Kier molecular flexibility index (Phi) is 7.73. The van der Waals surface area contributed by atoms with Crippen LogP contribution in [0, 0.1) is 0 Å². The van der Waals surface area contributed by atoms with Crippen LogP contribution in [-0.2, 0) is 19.6 Å². The molecule has 2 aromatic rings. The first-order chi connectivity index (χ1) is 13.9.